The Hall–Kier alpha value is -3.85. The van der Waals surface area contributed by atoms with Gasteiger partial charge in [-0.1, -0.05) is 65.3 Å². The number of thioether (sulfide) groups is 1. The minimum absolute atomic E-state index is 0.0468. The van der Waals surface area contributed by atoms with Gasteiger partial charge in [0.25, 0.3) is 5.91 Å². The molecule has 184 valence electrons. The number of hydrazone groups is 1. The lowest BCUT2D eigenvalue weighted by Crippen LogP contribution is -2.20. The normalized spacial score (nSPS) is 11.3. The molecule has 37 heavy (non-hydrogen) atoms. The molecular formula is C27H19Cl2N5O2S. The number of nitrogens with one attached hydrogen (secondary N) is 1. The topological polar surface area (TPSA) is 92.4 Å². The number of carbonyl (C=O) groups is 1. The number of halogens is 2. The van der Waals surface area contributed by atoms with Gasteiger partial charge in [-0.3, -0.25) is 9.36 Å². The van der Waals surface area contributed by atoms with Crippen molar-refractivity contribution in [2.45, 2.75) is 5.16 Å². The molecule has 0 aliphatic rings. The quantitative estimate of drug-likeness (QED) is 0.141. The zero-order valence-electron chi connectivity index (χ0n) is 19.2. The van der Waals surface area contributed by atoms with E-state index < -0.39 is 0 Å². The fraction of sp³-hybridized carbons (Fsp3) is 0.0370. The maximum absolute atomic E-state index is 12.6. The van der Waals surface area contributed by atoms with E-state index in [4.69, 9.17) is 23.2 Å². The van der Waals surface area contributed by atoms with E-state index in [0.29, 0.717) is 26.6 Å². The molecule has 4 aromatic carbocycles. The van der Waals surface area contributed by atoms with Crippen molar-refractivity contribution in [1.82, 2.24) is 20.2 Å². The molecule has 0 unspecified atom stereocenters. The van der Waals surface area contributed by atoms with Crippen LogP contribution in [0, 0.1) is 0 Å². The molecule has 0 atom stereocenters. The highest BCUT2D eigenvalue weighted by atomic mass is 35.5. The van der Waals surface area contributed by atoms with Crippen LogP contribution in [-0.2, 0) is 4.79 Å². The lowest BCUT2D eigenvalue weighted by atomic mass is 10.0. The Balaban J connectivity index is 1.34. The summed E-state index contributed by atoms with van der Waals surface area (Å²) in [5.74, 6) is 0.397. The summed E-state index contributed by atoms with van der Waals surface area (Å²) in [6.45, 7) is 0. The first-order valence-corrected chi connectivity index (χ1v) is 12.9. The Kier molecular flexibility index (Phi) is 7.41. The van der Waals surface area contributed by atoms with Crippen LogP contribution >= 0.6 is 35.0 Å². The molecule has 5 rings (SSSR count). The molecule has 0 bridgehead atoms. The number of phenols is 1. The number of nitrogens with zero attached hydrogens (tertiary/aromatic N) is 4. The van der Waals surface area contributed by atoms with Crippen LogP contribution in [-0.4, -0.2) is 37.7 Å². The van der Waals surface area contributed by atoms with E-state index in [1.54, 1.807) is 30.3 Å². The van der Waals surface area contributed by atoms with Gasteiger partial charge in [0, 0.05) is 26.9 Å². The van der Waals surface area contributed by atoms with Gasteiger partial charge < -0.3 is 5.11 Å². The molecule has 5 aromatic rings. The minimum Gasteiger partial charge on any atom is -0.507 e. The Morgan fingerprint density at radius 3 is 2.41 bits per heavy atom. The maximum Gasteiger partial charge on any atom is 0.250 e. The molecule has 10 heteroatoms. The minimum atomic E-state index is -0.334. The van der Waals surface area contributed by atoms with Crippen LogP contribution in [0.5, 0.6) is 5.75 Å². The number of rotatable bonds is 7. The van der Waals surface area contributed by atoms with Crippen LogP contribution in [0.15, 0.2) is 95.2 Å². The number of aromatic nitrogens is 3. The number of carbonyl (C=O) groups excluding carboxylic acids is 1. The lowest BCUT2D eigenvalue weighted by Gasteiger charge is -2.10. The summed E-state index contributed by atoms with van der Waals surface area (Å²) < 4.78 is 1.86. The molecule has 0 spiro atoms. The zero-order chi connectivity index (χ0) is 25.8. The van der Waals surface area contributed by atoms with Crippen molar-refractivity contribution >= 4 is 57.9 Å². The fourth-order valence-corrected chi connectivity index (χ4v) is 4.72. The standard InChI is InChI=1S/C27H19Cl2N5O2S/c28-19-8-5-18(6-9-19)26-32-33-27(34(26)21-12-10-20(29)11-13-21)37-16-25(36)31-30-15-23-22-4-2-1-3-17(22)7-14-24(23)35/h1-15,35H,16H2,(H,31,36)/b30-15-. The highest BCUT2D eigenvalue weighted by Gasteiger charge is 2.17. The number of hydrogen-bond acceptors (Lipinski definition) is 6. The summed E-state index contributed by atoms with van der Waals surface area (Å²) in [6.07, 6.45) is 1.44. The Labute approximate surface area is 226 Å². The third-order valence-corrected chi connectivity index (χ3v) is 6.92. The first-order chi connectivity index (χ1) is 18.0. The molecule has 0 radical (unpaired) electrons. The summed E-state index contributed by atoms with van der Waals surface area (Å²) in [4.78, 5) is 12.6. The number of fused-ring (bicyclic) bond motifs is 1. The largest absolute Gasteiger partial charge is 0.507 e. The molecule has 0 fully saturated rings. The second-order valence-corrected chi connectivity index (χ2v) is 9.74. The van der Waals surface area contributed by atoms with Gasteiger partial charge in [0.15, 0.2) is 11.0 Å². The van der Waals surface area contributed by atoms with Crippen LogP contribution in [0.4, 0.5) is 0 Å². The van der Waals surface area contributed by atoms with Crippen molar-refractivity contribution in [3.05, 3.63) is 101 Å². The van der Waals surface area contributed by atoms with Crippen molar-refractivity contribution in [2.75, 3.05) is 5.75 Å². The molecule has 1 amide bonds. The fourth-order valence-electron chi connectivity index (χ4n) is 3.72. The lowest BCUT2D eigenvalue weighted by molar-refractivity contribution is -0.118. The molecule has 1 aromatic heterocycles. The van der Waals surface area contributed by atoms with Crippen molar-refractivity contribution in [1.29, 1.82) is 0 Å². The predicted molar refractivity (Wildman–Crippen MR) is 149 cm³/mol. The number of hydrogen-bond donors (Lipinski definition) is 2. The van der Waals surface area contributed by atoms with Crippen LogP contribution in [0.2, 0.25) is 10.0 Å². The molecule has 1 heterocycles. The molecule has 0 saturated carbocycles. The van der Waals surface area contributed by atoms with E-state index in [1.165, 1.54) is 18.0 Å². The Bertz CT molecular complexity index is 1600. The summed E-state index contributed by atoms with van der Waals surface area (Å²) >= 11 is 13.4. The van der Waals surface area contributed by atoms with Crippen molar-refractivity contribution in [2.24, 2.45) is 5.10 Å². The van der Waals surface area contributed by atoms with Gasteiger partial charge in [-0.2, -0.15) is 5.10 Å². The highest BCUT2D eigenvalue weighted by Crippen LogP contribution is 2.29. The van der Waals surface area contributed by atoms with Crippen LogP contribution in [0.3, 0.4) is 0 Å². The number of phenolic OH excluding ortho intramolecular Hbond substituents is 1. The van der Waals surface area contributed by atoms with Gasteiger partial charge in [0.1, 0.15) is 5.75 Å². The van der Waals surface area contributed by atoms with Gasteiger partial charge in [-0.05, 0) is 65.4 Å². The van der Waals surface area contributed by atoms with Gasteiger partial charge in [-0.15, -0.1) is 10.2 Å². The number of benzene rings is 4. The van der Waals surface area contributed by atoms with Crippen LogP contribution in [0.1, 0.15) is 5.56 Å². The molecule has 0 aliphatic heterocycles. The second kappa shape index (κ2) is 11.0. The first-order valence-electron chi connectivity index (χ1n) is 11.1. The average molecular weight is 548 g/mol. The average Bonchev–Trinajstić information content (AvgIpc) is 3.33. The SMILES string of the molecule is O=C(CSc1nnc(-c2ccc(Cl)cc2)n1-c1ccc(Cl)cc1)N/N=C\c1c(O)ccc2ccccc12. The molecule has 0 saturated heterocycles. The number of aromatic hydroxyl groups is 1. The predicted octanol–water partition coefficient (Wildman–Crippen LogP) is 6.34. The third kappa shape index (κ3) is 5.61. The van der Waals surface area contributed by atoms with E-state index in [2.05, 4.69) is 20.7 Å². The molecular weight excluding hydrogens is 529 g/mol. The summed E-state index contributed by atoms with van der Waals surface area (Å²) in [7, 11) is 0. The van der Waals surface area contributed by atoms with E-state index in [0.717, 1.165) is 22.0 Å². The van der Waals surface area contributed by atoms with Crippen molar-refractivity contribution < 1.29 is 9.90 Å². The first kappa shape index (κ1) is 24.8. The molecule has 2 N–H and O–H groups in total. The second-order valence-electron chi connectivity index (χ2n) is 7.93. The molecule has 0 aliphatic carbocycles. The highest BCUT2D eigenvalue weighted by molar-refractivity contribution is 7.99. The smallest absolute Gasteiger partial charge is 0.250 e. The van der Waals surface area contributed by atoms with Gasteiger partial charge in [-0.25, -0.2) is 5.43 Å². The summed E-state index contributed by atoms with van der Waals surface area (Å²) in [6, 6.07) is 25.6. The van der Waals surface area contributed by atoms with E-state index in [-0.39, 0.29) is 17.4 Å². The van der Waals surface area contributed by atoms with Crippen molar-refractivity contribution in [3.8, 4) is 22.8 Å². The van der Waals surface area contributed by atoms with Gasteiger partial charge >= 0.3 is 0 Å². The maximum atomic E-state index is 12.6. The summed E-state index contributed by atoms with van der Waals surface area (Å²) in [5.41, 5.74) is 4.66. The summed E-state index contributed by atoms with van der Waals surface area (Å²) in [5, 5.41) is 26.5. The van der Waals surface area contributed by atoms with Crippen LogP contribution in [0.25, 0.3) is 27.8 Å². The van der Waals surface area contributed by atoms with E-state index in [1.807, 2.05) is 59.2 Å². The van der Waals surface area contributed by atoms with Crippen LogP contribution < -0.4 is 5.43 Å². The van der Waals surface area contributed by atoms with Gasteiger partial charge in [0.05, 0.1) is 12.0 Å². The Morgan fingerprint density at radius 2 is 1.65 bits per heavy atom. The zero-order valence-corrected chi connectivity index (χ0v) is 21.5. The van der Waals surface area contributed by atoms with E-state index >= 15 is 0 Å². The molecule has 7 nitrogen and oxygen atoms in total. The van der Waals surface area contributed by atoms with E-state index in [9.17, 15) is 9.90 Å². The monoisotopic (exact) mass is 547 g/mol. The third-order valence-electron chi connectivity index (χ3n) is 5.48. The van der Waals surface area contributed by atoms with Crippen molar-refractivity contribution in [3.63, 3.8) is 0 Å². The van der Waals surface area contributed by atoms with Gasteiger partial charge in [0.2, 0.25) is 0 Å². The number of amides is 1. The Morgan fingerprint density at radius 1 is 0.946 bits per heavy atom.